The molecular formula is C31H45NO10. The molecule has 42 heavy (non-hydrogen) atoms. The minimum atomic E-state index is -1.77. The summed E-state index contributed by atoms with van der Waals surface area (Å²) in [6.07, 6.45) is 2.50. The summed E-state index contributed by atoms with van der Waals surface area (Å²) in [5, 5.41) is 44.5. The van der Waals surface area contributed by atoms with E-state index in [4.69, 9.17) is 9.84 Å². The fraction of sp³-hybridized carbons (Fsp3) is 0.774. The molecule has 11 heteroatoms. The number of hydrogen-bond donors (Lipinski definition) is 5. The van der Waals surface area contributed by atoms with Crippen LogP contribution in [0.25, 0.3) is 0 Å². The second-order valence-corrected chi connectivity index (χ2v) is 14.1. The molecule has 0 saturated heterocycles. The third-order valence-corrected chi connectivity index (χ3v) is 11.1. The molecule has 0 spiro atoms. The number of hydrogen-bond acceptors (Lipinski definition) is 9. The highest BCUT2D eigenvalue weighted by molar-refractivity contribution is 5.92. The molecule has 4 aliphatic carbocycles. The van der Waals surface area contributed by atoms with Crippen molar-refractivity contribution < 1.29 is 49.1 Å². The molecular weight excluding hydrogens is 546 g/mol. The second-order valence-electron chi connectivity index (χ2n) is 14.1. The zero-order valence-corrected chi connectivity index (χ0v) is 25.0. The smallest absolute Gasteiger partial charge is 0.333 e. The number of carboxylic acids is 1. The van der Waals surface area contributed by atoms with Crippen molar-refractivity contribution in [3.63, 3.8) is 0 Å². The fourth-order valence-electron chi connectivity index (χ4n) is 8.55. The van der Waals surface area contributed by atoms with E-state index in [1.807, 2.05) is 6.92 Å². The SMILES string of the molecule is CC(C)(CNC(=O)CCC(=O)OCC(=O)[C@@]1(O)CC[C@H]2[C@@H]3CCC4=CC(=O)CC[C@]4(C)[C@H]3[C@H](O)C[C@@]21C)[C@@H](O)C(=O)O. The van der Waals surface area contributed by atoms with Gasteiger partial charge in [0.1, 0.15) is 5.60 Å². The lowest BCUT2D eigenvalue weighted by molar-refractivity contribution is -0.184. The van der Waals surface area contributed by atoms with E-state index < -0.39 is 58.9 Å². The molecule has 234 valence electrons. The van der Waals surface area contributed by atoms with Crippen LogP contribution in [-0.4, -0.2) is 80.8 Å². The number of nitrogens with one attached hydrogen (secondary N) is 1. The first kappa shape index (κ1) is 32.3. The van der Waals surface area contributed by atoms with Crippen LogP contribution in [0.2, 0.25) is 0 Å². The average Bonchev–Trinajstić information content (AvgIpc) is 3.19. The number of ketones is 2. The maximum atomic E-state index is 13.4. The maximum Gasteiger partial charge on any atom is 0.333 e. The lowest BCUT2D eigenvalue weighted by Crippen LogP contribution is -2.62. The first-order valence-corrected chi connectivity index (χ1v) is 15.0. The van der Waals surface area contributed by atoms with Gasteiger partial charge in [-0.3, -0.25) is 19.2 Å². The second kappa shape index (κ2) is 11.5. The Morgan fingerprint density at radius 2 is 1.81 bits per heavy atom. The Hall–Kier alpha value is -2.63. The van der Waals surface area contributed by atoms with Crippen LogP contribution >= 0.6 is 0 Å². The number of Topliss-reactive ketones (excluding diaryl/α,β-unsaturated/α-hetero) is 1. The Kier molecular flexibility index (Phi) is 8.81. The Labute approximate surface area is 246 Å². The summed E-state index contributed by atoms with van der Waals surface area (Å²) in [5.41, 5.74) is -2.97. The summed E-state index contributed by atoms with van der Waals surface area (Å²) in [6, 6.07) is 0. The summed E-state index contributed by atoms with van der Waals surface area (Å²) < 4.78 is 5.15. The minimum absolute atomic E-state index is 0.000790. The van der Waals surface area contributed by atoms with Crippen LogP contribution in [0.4, 0.5) is 0 Å². The van der Waals surface area contributed by atoms with Crippen molar-refractivity contribution in [2.45, 2.75) is 103 Å². The predicted octanol–water partition coefficient (Wildman–Crippen LogP) is 1.70. The highest BCUT2D eigenvalue weighted by atomic mass is 16.5. The van der Waals surface area contributed by atoms with Gasteiger partial charge in [0.25, 0.3) is 0 Å². The Morgan fingerprint density at radius 3 is 2.48 bits per heavy atom. The largest absolute Gasteiger partial charge is 0.479 e. The molecule has 0 bridgehead atoms. The van der Waals surface area contributed by atoms with Crippen molar-refractivity contribution in [1.29, 1.82) is 0 Å². The monoisotopic (exact) mass is 591 g/mol. The van der Waals surface area contributed by atoms with Gasteiger partial charge in [-0.2, -0.15) is 0 Å². The molecule has 0 radical (unpaired) electrons. The van der Waals surface area contributed by atoms with E-state index in [9.17, 15) is 39.3 Å². The number of carbonyl (C=O) groups is 5. The van der Waals surface area contributed by atoms with Crippen LogP contribution in [0.5, 0.6) is 0 Å². The van der Waals surface area contributed by atoms with Crippen molar-refractivity contribution in [2.24, 2.45) is 34.0 Å². The van der Waals surface area contributed by atoms with Gasteiger partial charge in [0, 0.05) is 30.2 Å². The normalized spacial score (nSPS) is 36.5. The number of amides is 1. The van der Waals surface area contributed by atoms with Crippen LogP contribution in [0.3, 0.4) is 0 Å². The molecule has 4 aliphatic rings. The topological polar surface area (TPSA) is 188 Å². The maximum absolute atomic E-state index is 13.4. The molecule has 3 fully saturated rings. The molecule has 8 atom stereocenters. The van der Waals surface area contributed by atoms with Crippen LogP contribution < -0.4 is 5.32 Å². The van der Waals surface area contributed by atoms with E-state index in [1.54, 1.807) is 6.08 Å². The molecule has 1 amide bonds. The average molecular weight is 592 g/mol. The Morgan fingerprint density at radius 1 is 1.12 bits per heavy atom. The number of aliphatic hydroxyl groups excluding tert-OH is 2. The van der Waals surface area contributed by atoms with E-state index in [0.29, 0.717) is 19.3 Å². The summed E-state index contributed by atoms with van der Waals surface area (Å²) in [7, 11) is 0. The van der Waals surface area contributed by atoms with E-state index in [-0.39, 0.29) is 61.2 Å². The van der Waals surface area contributed by atoms with Crippen molar-refractivity contribution in [2.75, 3.05) is 13.2 Å². The predicted molar refractivity (Wildman–Crippen MR) is 149 cm³/mol. The number of fused-ring (bicyclic) bond motifs is 5. The molecule has 0 aromatic heterocycles. The van der Waals surface area contributed by atoms with Crippen molar-refractivity contribution in [3.8, 4) is 0 Å². The first-order chi connectivity index (χ1) is 19.5. The quantitative estimate of drug-likeness (QED) is 0.234. The minimum Gasteiger partial charge on any atom is -0.479 e. The number of carboxylic acid groups (broad SMARTS) is 1. The molecule has 0 unspecified atom stereocenters. The van der Waals surface area contributed by atoms with Gasteiger partial charge in [-0.25, -0.2) is 4.79 Å². The number of allylic oxidation sites excluding steroid dienone is 1. The van der Waals surface area contributed by atoms with Crippen LogP contribution in [0, 0.1) is 34.0 Å². The molecule has 0 heterocycles. The van der Waals surface area contributed by atoms with Gasteiger partial charge in [0.2, 0.25) is 11.7 Å². The van der Waals surface area contributed by atoms with E-state index in [0.717, 1.165) is 18.4 Å². The number of aliphatic carboxylic acids is 1. The van der Waals surface area contributed by atoms with Gasteiger partial charge >= 0.3 is 11.9 Å². The standard InChI is InChI=1S/C31H45NO10/c1-28(2,26(38)27(39)40)16-32-23(36)7-8-24(37)42-15-22(35)31(41)12-10-20-19-6-5-17-13-18(33)9-11-29(17,3)25(19)21(34)14-30(20,31)4/h13,19-21,25-26,34,38,41H,5-12,14-16H2,1-4H3,(H,32,36)(H,39,40)/t19-,20-,21+,25+,26-,29-,30-,31-/m0/s1. The van der Waals surface area contributed by atoms with E-state index in [2.05, 4.69) is 12.2 Å². The number of ether oxygens (including phenoxy) is 1. The van der Waals surface area contributed by atoms with Crippen LogP contribution in [0.1, 0.15) is 85.5 Å². The lowest BCUT2D eigenvalue weighted by Gasteiger charge is -2.60. The van der Waals surface area contributed by atoms with Crippen LogP contribution in [0.15, 0.2) is 11.6 Å². The van der Waals surface area contributed by atoms with E-state index >= 15 is 0 Å². The third kappa shape index (κ3) is 5.55. The Bertz CT molecular complexity index is 1180. The molecule has 0 aliphatic heterocycles. The van der Waals surface area contributed by atoms with Gasteiger partial charge in [-0.15, -0.1) is 0 Å². The van der Waals surface area contributed by atoms with Crippen molar-refractivity contribution in [3.05, 3.63) is 11.6 Å². The van der Waals surface area contributed by atoms with Gasteiger partial charge in [0.15, 0.2) is 18.5 Å². The molecule has 0 aromatic carbocycles. The lowest BCUT2D eigenvalue weighted by atomic mass is 9.45. The molecule has 3 saturated carbocycles. The van der Waals surface area contributed by atoms with Gasteiger partial charge < -0.3 is 30.5 Å². The van der Waals surface area contributed by atoms with Crippen molar-refractivity contribution >= 4 is 29.4 Å². The zero-order chi connectivity index (χ0) is 31.3. The van der Waals surface area contributed by atoms with Crippen LogP contribution in [-0.2, 0) is 28.7 Å². The number of carbonyl (C=O) groups excluding carboxylic acids is 4. The molecule has 4 rings (SSSR count). The highest BCUT2D eigenvalue weighted by Crippen LogP contribution is 2.67. The van der Waals surface area contributed by atoms with Gasteiger partial charge in [0.05, 0.1) is 12.5 Å². The molecule has 5 N–H and O–H groups in total. The van der Waals surface area contributed by atoms with Gasteiger partial charge in [-0.1, -0.05) is 33.3 Å². The summed E-state index contributed by atoms with van der Waals surface area (Å²) in [6.45, 7) is 6.19. The summed E-state index contributed by atoms with van der Waals surface area (Å²) >= 11 is 0. The van der Waals surface area contributed by atoms with E-state index in [1.165, 1.54) is 13.8 Å². The van der Waals surface area contributed by atoms with Crippen molar-refractivity contribution in [1.82, 2.24) is 5.32 Å². The fourth-order valence-corrected chi connectivity index (χ4v) is 8.55. The van der Waals surface area contributed by atoms with Gasteiger partial charge in [-0.05, 0) is 67.8 Å². The number of aliphatic hydroxyl groups is 3. The Balaban J connectivity index is 1.33. The number of rotatable bonds is 10. The summed E-state index contributed by atoms with van der Waals surface area (Å²) in [5.74, 6) is -3.18. The summed E-state index contributed by atoms with van der Waals surface area (Å²) in [4.78, 5) is 61.0. The highest BCUT2D eigenvalue weighted by Gasteiger charge is 2.68. The first-order valence-electron chi connectivity index (χ1n) is 15.0. The third-order valence-electron chi connectivity index (χ3n) is 11.1. The molecule has 0 aromatic rings. The number of esters is 1. The zero-order valence-electron chi connectivity index (χ0n) is 25.0. The molecule has 11 nitrogen and oxygen atoms in total.